The number of benzene rings is 1. The van der Waals surface area contributed by atoms with Crippen molar-refractivity contribution in [3.8, 4) is 0 Å². The summed E-state index contributed by atoms with van der Waals surface area (Å²) in [6.45, 7) is 4.27. The van der Waals surface area contributed by atoms with Gasteiger partial charge in [0.15, 0.2) is 0 Å². The van der Waals surface area contributed by atoms with Gasteiger partial charge in [-0.2, -0.15) is 11.8 Å². The van der Waals surface area contributed by atoms with Crippen molar-refractivity contribution in [2.75, 3.05) is 18.1 Å². The lowest BCUT2D eigenvalue weighted by molar-refractivity contribution is 0.0665. The van der Waals surface area contributed by atoms with Crippen LogP contribution in [0.5, 0.6) is 0 Å². The van der Waals surface area contributed by atoms with Crippen LogP contribution in [0.2, 0.25) is 0 Å². The number of carboxylic acid groups (broad SMARTS) is 1. The van der Waals surface area contributed by atoms with E-state index in [2.05, 4.69) is 11.8 Å². The van der Waals surface area contributed by atoms with Gasteiger partial charge in [0.1, 0.15) is 5.58 Å². The highest BCUT2D eigenvalue weighted by Gasteiger charge is 2.19. The standard InChI is InChI=1S/C15H17NO3S/c1-10-9-20-5-4-16(10)8-11-2-3-13-12(6-11)7-14(19-13)15(17)18/h2-3,6-7,10H,4-5,8-9H2,1H3,(H,17,18). The molecule has 0 spiro atoms. The second-order valence-electron chi connectivity index (χ2n) is 5.18. The number of hydrogen-bond donors (Lipinski definition) is 1. The fourth-order valence-electron chi connectivity index (χ4n) is 2.53. The van der Waals surface area contributed by atoms with Crippen molar-refractivity contribution in [3.63, 3.8) is 0 Å². The molecule has 0 radical (unpaired) electrons. The molecule has 1 fully saturated rings. The maximum atomic E-state index is 10.9. The Kier molecular flexibility index (Phi) is 3.72. The van der Waals surface area contributed by atoms with Crippen LogP contribution in [0, 0.1) is 0 Å². The van der Waals surface area contributed by atoms with Gasteiger partial charge in [0, 0.05) is 36.0 Å². The maximum Gasteiger partial charge on any atom is 0.371 e. The van der Waals surface area contributed by atoms with Crippen LogP contribution in [-0.2, 0) is 6.54 Å². The van der Waals surface area contributed by atoms with E-state index >= 15 is 0 Å². The summed E-state index contributed by atoms with van der Waals surface area (Å²) in [5, 5.41) is 9.81. The minimum absolute atomic E-state index is 0.000101. The molecule has 20 heavy (non-hydrogen) atoms. The minimum Gasteiger partial charge on any atom is -0.475 e. The predicted octanol–water partition coefficient (Wildman–Crippen LogP) is 3.07. The smallest absolute Gasteiger partial charge is 0.371 e. The average molecular weight is 291 g/mol. The van der Waals surface area contributed by atoms with E-state index in [1.165, 1.54) is 17.1 Å². The van der Waals surface area contributed by atoms with Gasteiger partial charge in [-0.1, -0.05) is 6.07 Å². The first-order valence-electron chi connectivity index (χ1n) is 6.71. The Morgan fingerprint density at radius 3 is 3.10 bits per heavy atom. The first-order valence-corrected chi connectivity index (χ1v) is 7.86. The van der Waals surface area contributed by atoms with Crippen molar-refractivity contribution >= 4 is 28.7 Å². The van der Waals surface area contributed by atoms with Crippen LogP contribution < -0.4 is 0 Å². The molecule has 0 aliphatic carbocycles. The zero-order valence-electron chi connectivity index (χ0n) is 11.3. The lowest BCUT2D eigenvalue weighted by Gasteiger charge is -2.32. The molecule has 1 atom stereocenters. The van der Waals surface area contributed by atoms with Gasteiger partial charge in [-0.25, -0.2) is 4.79 Å². The summed E-state index contributed by atoms with van der Waals surface area (Å²) in [6.07, 6.45) is 0. The summed E-state index contributed by atoms with van der Waals surface area (Å²) < 4.78 is 5.28. The molecule has 2 aromatic rings. The molecule has 1 N–H and O–H groups in total. The Morgan fingerprint density at radius 2 is 2.35 bits per heavy atom. The number of carbonyl (C=O) groups is 1. The molecule has 106 valence electrons. The van der Waals surface area contributed by atoms with Gasteiger partial charge in [0.05, 0.1) is 0 Å². The van der Waals surface area contributed by atoms with Gasteiger partial charge in [0.25, 0.3) is 0 Å². The number of hydrogen-bond acceptors (Lipinski definition) is 4. The normalized spacial score (nSPS) is 20.4. The average Bonchev–Trinajstić information content (AvgIpc) is 2.85. The highest BCUT2D eigenvalue weighted by Crippen LogP contribution is 2.23. The van der Waals surface area contributed by atoms with Crippen LogP contribution in [0.25, 0.3) is 11.0 Å². The fourth-order valence-corrected chi connectivity index (χ4v) is 3.61. The highest BCUT2D eigenvalue weighted by molar-refractivity contribution is 7.99. The lowest BCUT2D eigenvalue weighted by atomic mass is 10.1. The quantitative estimate of drug-likeness (QED) is 0.942. The zero-order valence-corrected chi connectivity index (χ0v) is 12.2. The first-order chi connectivity index (χ1) is 9.63. The summed E-state index contributed by atoms with van der Waals surface area (Å²) in [7, 11) is 0. The van der Waals surface area contributed by atoms with Crippen molar-refractivity contribution in [3.05, 3.63) is 35.6 Å². The SMILES string of the molecule is CC1CSCCN1Cc1ccc2oc(C(=O)O)cc2c1. The van der Waals surface area contributed by atoms with Crippen LogP contribution >= 0.6 is 11.8 Å². The van der Waals surface area contributed by atoms with E-state index in [1.807, 2.05) is 30.0 Å². The van der Waals surface area contributed by atoms with Crippen molar-refractivity contribution in [1.29, 1.82) is 0 Å². The monoisotopic (exact) mass is 291 g/mol. The van der Waals surface area contributed by atoms with Crippen molar-refractivity contribution in [2.45, 2.75) is 19.5 Å². The first kappa shape index (κ1) is 13.5. The second kappa shape index (κ2) is 5.50. The molecular formula is C15H17NO3S. The van der Waals surface area contributed by atoms with Crippen molar-refractivity contribution in [2.24, 2.45) is 0 Å². The van der Waals surface area contributed by atoms with E-state index in [-0.39, 0.29) is 5.76 Å². The van der Waals surface area contributed by atoms with E-state index in [0.29, 0.717) is 11.6 Å². The van der Waals surface area contributed by atoms with Gasteiger partial charge in [-0.05, 0) is 30.7 Å². The van der Waals surface area contributed by atoms with Crippen LogP contribution in [-0.4, -0.2) is 40.1 Å². The molecule has 4 nitrogen and oxygen atoms in total. The summed E-state index contributed by atoms with van der Waals surface area (Å²) >= 11 is 2.00. The zero-order chi connectivity index (χ0) is 14.1. The Labute approximate surface area is 121 Å². The van der Waals surface area contributed by atoms with Gasteiger partial charge >= 0.3 is 5.97 Å². The number of rotatable bonds is 3. The van der Waals surface area contributed by atoms with E-state index < -0.39 is 5.97 Å². The summed E-state index contributed by atoms with van der Waals surface area (Å²) in [5.74, 6) is 1.34. The minimum atomic E-state index is -1.02. The summed E-state index contributed by atoms with van der Waals surface area (Å²) in [6, 6.07) is 8.09. The second-order valence-corrected chi connectivity index (χ2v) is 6.33. The fraction of sp³-hybridized carbons (Fsp3) is 0.400. The molecule has 0 amide bonds. The molecular weight excluding hydrogens is 274 g/mol. The number of carboxylic acids is 1. The molecule has 1 aliphatic rings. The molecule has 1 saturated heterocycles. The van der Waals surface area contributed by atoms with Crippen LogP contribution in [0.1, 0.15) is 23.0 Å². The molecule has 1 unspecified atom stereocenters. The number of nitrogens with zero attached hydrogens (tertiary/aromatic N) is 1. The third-order valence-electron chi connectivity index (χ3n) is 3.68. The molecule has 5 heteroatoms. The van der Waals surface area contributed by atoms with E-state index in [0.717, 1.165) is 18.5 Å². The third-order valence-corrected chi connectivity index (χ3v) is 4.87. The Morgan fingerprint density at radius 1 is 1.50 bits per heavy atom. The van der Waals surface area contributed by atoms with Crippen LogP contribution in [0.4, 0.5) is 0 Å². The molecule has 1 aliphatic heterocycles. The molecule has 2 heterocycles. The van der Waals surface area contributed by atoms with Gasteiger partial charge in [-0.15, -0.1) is 0 Å². The van der Waals surface area contributed by atoms with Crippen LogP contribution in [0.15, 0.2) is 28.7 Å². The molecule has 3 rings (SSSR count). The lowest BCUT2D eigenvalue weighted by Crippen LogP contribution is -2.39. The Bertz CT molecular complexity index is 637. The Balaban J connectivity index is 1.83. The Hall–Kier alpha value is -1.46. The topological polar surface area (TPSA) is 53.7 Å². The van der Waals surface area contributed by atoms with Crippen molar-refractivity contribution in [1.82, 2.24) is 4.90 Å². The largest absolute Gasteiger partial charge is 0.475 e. The predicted molar refractivity (Wildman–Crippen MR) is 80.4 cm³/mol. The summed E-state index contributed by atoms with van der Waals surface area (Å²) in [5.41, 5.74) is 1.84. The number of fused-ring (bicyclic) bond motifs is 1. The van der Waals surface area contributed by atoms with E-state index in [1.54, 1.807) is 6.07 Å². The van der Waals surface area contributed by atoms with Crippen molar-refractivity contribution < 1.29 is 14.3 Å². The molecule has 0 saturated carbocycles. The van der Waals surface area contributed by atoms with Crippen LogP contribution in [0.3, 0.4) is 0 Å². The van der Waals surface area contributed by atoms with E-state index in [4.69, 9.17) is 9.52 Å². The van der Waals surface area contributed by atoms with Gasteiger partial charge in [0.2, 0.25) is 5.76 Å². The highest BCUT2D eigenvalue weighted by atomic mass is 32.2. The maximum absolute atomic E-state index is 10.9. The molecule has 1 aromatic carbocycles. The number of furan rings is 1. The number of aromatic carboxylic acids is 1. The van der Waals surface area contributed by atoms with Gasteiger partial charge < -0.3 is 9.52 Å². The van der Waals surface area contributed by atoms with Gasteiger partial charge in [-0.3, -0.25) is 4.90 Å². The molecule has 0 bridgehead atoms. The molecule has 1 aromatic heterocycles. The summed E-state index contributed by atoms with van der Waals surface area (Å²) in [4.78, 5) is 13.4. The van der Waals surface area contributed by atoms with E-state index in [9.17, 15) is 4.79 Å². The third kappa shape index (κ3) is 2.69. The number of thioether (sulfide) groups is 1.